The van der Waals surface area contributed by atoms with Crippen molar-refractivity contribution in [1.82, 2.24) is 15.0 Å². The van der Waals surface area contributed by atoms with Crippen molar-refractivity contribution in [3.05, 3.63) is 53.0 Å². The average molecular weight is 447 g/mol. The number of aryl methyl sites for hydroxylation is 1. The van der Waals surface area contributed by atoms with Gasteiger partial charge in [-0.1, -0.05) is 0 Å². The number of aromatic nitrogens is 3. The minimum absolute atomic E-state index is 0.282. The molecule has 3 aromatic rings. The number of carbonyl (C=O) groups is 1. The molecule has 4 N–H and O–H groups in total. The smallest absolute Gasteiger partial charge is 0.412 e. The summed E-state index contributed by atoms with van der Waals surface area (Å²) in [6, 6.07) is 5.71. The molecule has 2 aliphatic heterocycles. The van der Waals surface area contributed by atoms with Crippen LogP contribution in [-0.2, 0) is 13.0 Å². The Labute approximate surface area is 191 Å². The van der Waals surface area contributed by atoms with Crippen molar-refractivity contribution >= 4 is 34.8 Å². The topological polar surface area (TPSA) is 130 Å². The van der Waals surface area contributed by atoms with E-state index in [9.17, 15) is 9.90 Å². The monoisotopic (exact) mass is 447 g/mol. The maximum absolute atomic E-state index is 11.7. The number of nitrogens with two attached hydrogens (primary N) is 1. The summed E-state index contributed by atoms with van der Waals surface area (Å²) in [6.45, 7) is 5.77. The SMILES string of the molecule is Cc1cc(Nc2ncc3c(n2)CN(c2cnc4c(c2C)N(C(=O)O)CCO4)CC3)ccc1N. The van der Waals surface area contributed by atoms with Crippen LogP contribution in [0.5, 0.6) is 5.88 Å². The highest BCUT2D eigenvalue weighted by atomic mass is 16.5. The third-order valence-corrected chi connectivity index (χ3v) is 6.11. The number of hydrogen-bond donors (Lipinski definition) is 3. The first-order chi connectivity index (χ1) is 15.9. The number of nitrogen functional groups attached to an aromatic ring is 1. The molecule has 10 nitrogen and oxygen atoms in total. The molecule has 0 radical (unpaired) electrons. The Bertz CT molecular complexity index is 1250. The van der Waals surface area contributed by atoms with Crippen LogP contribution in [0.3, 0.4) is 0 Å². The highest BCUT2D eigenvalue weighted by Gasteiger charge is 2.30. The van der Waals surface area contributed by atoms with Gasteiger partial charge in [-0.3, -0.25) is 4.90 Å². The first-order valence-electron chi connectivity index (χ1n) is 10.8. The Hall–Kier alpha value is -4.08. The molecular formula is C23H25N7O3. The fourth-order valence-corrected chi connectivity index (χ4v) is 4.29. The number of amides is 1. The molecule has 0 aliphatic carbocycles. The molecule has 5 rings (SSSR count). The molecule has 10 heteroatoms. The lowest BCUT2D eigenvalue weighted by molar-refractivity contribution is 0.196. The van der Waals surface area contributed by atoms with Gasteiger partial charge in [-0.15, -0.1) is 0 Å². The zero-order chi connectivity index (χ0) is 23.1. The summed E-state index contributed by atoms with van der Waals surface area (Å²) in [6.07, 6.45) is 3.39. The third-order valence-electron chi connectivity index (χ3n) is 6.11. The maximum Gasteiger partial charge on any atom is 0.412 e. The number of nitrogens with zero attached hydrogens (tertiary/aromatic N) is 5. The van der Waals surface area contributed by atoms with Crippen molar-refractivity contribution in [2.45, 2.75) is 26.8 Å². The Balaban J connectivity index is 1.42. The summed E-state index contributed by atoms with van der Waals surface area (Å²) in [5.41, 5.74) is 12.8. The standard InChI is InChI=1S/C23H25N7O3/c1-13-9-16(3-4-17(13)24)27-22-26-10-15-5-6-29(12-18(15)28-22)19-11-25-21-20(14(19)2)30(23(31)32)7-8-33-21/h3-4,9-11H,5-8,12,24H2,1-2H3,(H,31,32)(H,26,27,28). The predicted molar refractivity (Wildman–Crippen MR) is 125 cm³/mol. The highest BCUT2D eigenvalue weighted by Crippen LogP contribution is 2.39. The van der Waals surface area contributed by atoms with Gasteiger partial charge in [0, 0.05) is 29.7 Å². The normalized spacial score (nSPS) is 14.8. The molecule has 0 saturated heterocycles. The number of carboxylic acid groups (broad SMARTS) is 1. The van der Waals surface area contributed by atoms with Crippen molar-refractivity contribution in [2.75, 3.05) is 40.5 Å². The molecular weight excluding hydrogens is 422 g/mol. The van der Waals surface area contributed by atoms with Crippen LogP contribution >= 0.6 is 0 Å². The summed E-state index contributed by atoms with van der Waals surface area (Å²) < 4.78 is 5.60. The largest absolute Gasteiger partial charge is 0.474 e. The first-order valence-corrected chi connectivity index (χ1v) is 10.8. The van der Waals surface area contributed by atoms with Crippen molar-refractivity contribution in [2.24, 2.45) is 0 Å². The minimum atomic E-state index is -1.01. The molecule has 170 valence electrons. The molecule has 0 fully saturated rings. The van der Waals surface area contributed by atoms with E-state index in [4.69, 9.17) is 15.5 Å². The highest BCUT2D eigenvalue weighted by molar-refractivity contribution is 5.91. The van der Waals surface area contributed by atoms with Gasteiger partial charge in [0.2, 0.25) is 11.8 Å². The molecule has 1 amide bonds. The molecule has 0 spiro atoms. The summed E-state index contributed by atoms with van der Waals surface area (Å²) >= 11 is 0. The van der Waals surface area contributed by atoms with E-state index in [1.165, 1.54) is 4.90 Å². The van der Waals surface area contributed by atoms with E-state index >= 15 is 0 Å². The number of anilines is 5. The summed E-state index contributed by atoms with van der Waals surface area (Å²) in [5.74, 6) is 0.875. The lowest BCUT2D eigenvalue weighted by Crippen LogP contribution is -2.38. The number of ether oxygens (including phenoxy) is 1. The number of pyridine rings is 1. The van der Waals surface area contributed by atoms with E-state index < -0.39 is 6.09 Å². The van der Waals surface area contributed by atoms with Gasteiger partial charge in [0.05, 0.1) is 30.7 Å². The molecule has 2 aliphatic rings. The van der Waals surface area contributed by atoms with Crippen molar-refractivity contribution in [3.63, 3.8) is 0 Å². The summed E-state index contributed by atoms with van der Waals surface area (Å²) in [7, 11) is 0. The minimum Gasteiger partial charge on any atom is -0.474 e. The second-order valence-corrected chi connectivity index (χ2v) is 8.24. The lowest BCUT2D eigenvalue weighted by Gasteiger charge is -2.34. The summed E-state index contributed by atoms with van der Waals surface area (Å²) in [4.78, 5) is 28.9. The van der Waals surface area contributed by atoms with E-state index in [1.807, 2.05) is 38.2 Å². The van der Waals surface area contributed by atoms with E-state index in [1.54, 1.807) is 6.20 Å². The second-order valence-electron chi connectivity index (χ2n) is 8.24. The average Bonchev–Trinajstić information content (AvgIpc) is 2.81. The van der Waals surface area contributed by atoms with Gasteiger partial charge >= 0.3 is 6.09 Å². The van der Waals surface area contributed by atoms with E-state index in [0.29, 0.717) is 30.7 Å². The number of nitrogens with one attached hydrogen (secondary N) is 1. The molecule has 1 aromatic carbocycles. The van der Waals surface area contributed by atoms with Crippen LogP contribution in [0.1, 0.15) is 22.4 Å². The van der Waals surface area contributed by atoms with Gasteiger partial charge in [0.25, 0.3) is 0 Å². The number of fused-ring (bicyclic) bond motifs is 2. The zero-order valence-electron chi connectivity index (χ0n) is 18.5. The van der Waals surface area contributed by atoms with Gasteiger partial charge in [0.1, 0.15) is 12.3 Å². The molecule has 0 saturated carbocycles. The molecule has 0 atom stereocenters. The predicted octanol–water partition coefficient (Wildman–Crippen LogP) is 3.25. The van der Waals surface area contributed by atoms with E-state index in [0.717, 1.165) is 52.4 Å². The number of hydrogen-bond acceptors (Lipinski definition) is 8. The fraction of sp³-hybridized carbons (Fsp3) is 0.304. The molecule has 2 aromatic heterocycles. The van der Waals surface area contributed by atoms with Crippen LogP contribution in [-0.4, -0.2) is 45.8 Å². The van der Waals surface area contributed by atoms with Crippen molar-refractivity contribution in [1.29, 1.82) is 0 Å². The maximum atomic E-state index is 11.7. The van der Waals surface area contributed by atoms with Crippen LogP contribution in [0.2, 0.25) is 0 Å². The zero-order valence-corrected chi connectivity index (χ0v) is 18.5. The van der Waals surface area contributed by atoms with Crippen LogP contribution in [0.15, 0.2) is 30.6 Å². The Morgan fingerprint density at radius 3 is 2.85 bits per heavy atom. The Kier molecular flexibility index (Phi) is 5.12. The van der Waals surface area contributed by atoms with Gasteiger partial charge in [0.15, 0.2) is 0 Å². The Morgan fingerprint density at radius 1 is 1.21 bits per heavy atom. The number of rotatable bonds is 3. The second kappa shape index (κ2) is 8.12. The van der Waals surface area contributed by atoms with E-state index in [2.05, 4.69) is 20.2 Å². The third kappa shape index (κ3) is 3.84. The first kappa shape index (κ1) is 20.8. The van der Waals surface area contributed by atoms with Gasteiger partial charge in [-0.2, -0.15) is 0 Å². The Morgan fingerprint density at radius 2 is 2.06 bits per heavy atom. The molecule has 0 unspecified atom stereocenters. The van der Waals surface area contributed by atoms with Crippen molar-refractivity contribution < 1.29 is 14.6 Å². The van der Waals surface area contributed by atoms with Gasteiger partial charge in [-0.05, 0) is 49.6 Å². The van der Waals surface area contributed by atoms with Crippen LogP contribution in [0, 0.1) is 13.8 Å². The summed E-state index contributed by atoms with van der Waals surface area (Å²) in [5, 5.41) is 12.9. The lowest BCUT2D eigenvalue weighted by atomic mass is 10.0. The van der Waals surface area contributed by atoms with Crippen molar-refractivity contribution in [3.8, 4) is 5.88 Å². The quantitative estimate of drug-likeness (QED) is 0.518. The molecule has 33 heavy (non-hydrogen) atoms. The van der Waals surface area contributed by atoms with Crippen LogP contribution in [0.4, 0.5) is 33.5 Å². The van der Waals surface area contributed by atoms with Gasteiger partial charge < -0.3 is 25.8 Å². The molecule has 0 bridgehead atoms. The molecule has 4 heterocycles. The van der Waals surface area contributed by atoms with Crippen LogP contribution in [0.25, 0.3) is 0 Å². The number of benzene rings is 1. The fourth-order valence-electron chi connectivity index (χ4n) is 4.29. The van der Waals surface area contributed by atoms with Gasteiger partial charge in [-0.25, -0.2) is 19.7 Å². The van der Waals surface area contributed by atoms with Crippen LogP contribution < -0.4 is 25.6 Å². The van der Waals surface area contributed by atoms with E-state index in [-0.39, 0.29) is 6.54 Å².